The summed E-state index contributed by atoms with van der Waals surface area (Å²) in [6, 6.07) is 5.72. The fraction of sp³-hybridized carbons (Fsp3) is 0.364. The molecule has 1 aromatic carbocycles. The zero-order chi connectivity index (χ0) is 11.1. The summed E-state index contributed by atoms with van der Waals surface area (Å²) in [4.78, 5) is 10.8. The minimum absolute atomic E-state index is 0.285. The summed E-state index contributed by atoms with van der Waals surface area (Å²) in [7, 11) is 0. The third-order valence-electron chi connectivity index (χ3n) is 2.48. The standard InChI is InChI=1S/C11H9F3O/c12-11(13,14)10(15)9-5-3-8(4-6-9)7-1-2-7/h3-7H,1-2H2. The molecule has 1 fully saturated rings. The van der Waals surface area contributed by atoms with Crippen LogP contribution in [0, 0.1) is 0 Å². The second kappa shape index (κ2) is 3.36. The predicted molar refractivity (Wildman–Crippen MR) is 48.8 cm³/mol. The average molecular weight is 214 g/mol. The van der Waals surface area contributed by atoms with E-state index in [1.165, 1.54) is 12.1 Å². The summed E-state index contributed by atoms with van der Waals surface area (Å²) in [6.07, 6.45) is -2.60. The second-order valence-corrected chi connectivity index (χ2v) is 3.72. The molecule has 0 spiro atoms. The van der Waals surface area contributed by atoms with Gasteiger partial charge in [0.1, 0.15) is 0 Å². The van der Waals surface area contributed by atoms with Crippen LogP contribution in [0.2, 0.25) is 0 Å². The summed E-state index contributed by atoms with van der Waals surface area (Å²) >= 11 is 0. The molecular weight excluding hydrogens is 205 g/mol. The molecule has 0 saturated heterocycles. The second-order valence-electron chi connectivity index (χ2n) is 3.72. The highest BCUT2D eigenvalue weighted by molar-refractivity contribution is 6.00. The number of hydrogen-bond donors (Lipinski definition) is 0. The molecule has 1 aliphatic carbocycles. The van der Waals surface area contributed by atoms with Crippen LogP contribution in [0.15, 0.2) is 24.3 Å². The van der Waals surface area contributed by atoms with Crippen LogP contribution in [0.4, 0.5) is 13.2 Å². The molecule has 0 aliphatic heterocycles. The molecule has 0 unspecified atom stereocenters. The lowest BCUT2D eigenvalue weighted by Crippen LogP contribution is -2.22. The molecule has 4 heteroatoms. The van der Waals surface area contributed by atoms with E-state index in [0.717, 1.165) is 18.4 Å². The first kappa shape index (κ1) is 10.2. The molecule has 1 saturated carbocycles. The number of hydrogen-bond acceptors (Lipinski definition) is 1. The molecule has 0 radical (unpaired) electrons. The SMILES string of the molecule is O=C(c1ccc(C2CC2)cc1)C(F)(F)F. The van der Waals surface area contributed by atoms with Gasteiger partial charge < -0.3 is 0 Å². The molecule has 0 bridgehead atoms. The molecular formula is C11H9F3O. The monoisotopic (exact) mass is 214 g/mol. The van der Waals surface area contributed by atoms with Gasteiger partial charge in [-0.05, 0) is 24.3 Å². The molecule has 0 aromatic heterocycles. The van der Waals surface area contributed by atoms with Gasteiger partial charge in [0, 0.05) is 5.56 Å². The Labute approximate surface area is 84.9 Å². The number of carbonyl (C=O) groups excluding carboxylic acids is 1. The fourth-order valence-corrected chi connectivity index (χ4v) is 1.49. The van der Waals surface area contributed by atoms with Crippen molar-refractivity contribution in [3.8, 4) is 0 Å². The maximum absolute atomic E-state index is 12.1. The van der Waals surface area contributed by atoms with E-state index in [-0.39, 0.29) is 5.56 Å². The van der Waals surface area contributed by atoms with E-state index in [4.69, 9.17) is 0 Å². The number of Topliss-reactive ketones (excluding diaryl/α,β-unsaturated/α-hetero) is 1. The third-order valence-corrected chi connectivity index (χ3v) is 2.48. The number of carbonyl (C=O) groups is 1. The van der Waals surface area contributed by atoms with Gasteiger partial charge in [-0.25, -0.2) is 0 Å². The van der Waals surface area contributed by atoms with Crippen molar-refractivity contribution in [2.24, 2.45) is 0 Å². The largest absolute Gasteiger partial charge is 0.454 e. The van der Waals surface area contributed by atoms with Gasteiger partial charge in [0.05, 0.1) is 0 Å². The van der Waals surface area contributed by atoms with Gasteiger partial charge >= 0.3 is 6.18 Å². The van der Waals surface area contributed by atoms with Crippen molar-refractivity contribution in [1.82, 2.24) is 0 Å². The summed E-state index contributed by atoms with van der Waals surface area (Å²) in [6.45, 7) is 0. The normalized spacial score (nSPS) is 16.5. The lowest BCUT2D eigenvalue weighted by molar-refractivity contribution is -0.0885. The van der Waals surface area contributed by atoms with Crippen molar-refractivity contribution in [1.29, 1.82) is 0 Å². The van der Waals surface area contributed by atoms with E-state index in [1.54, 1.807) is 12.1 Å². The van der Waals surface area contributed by atoms with Crippen LogP contribution >= 0.6 is 0 Å². The molecule has 80 valence electrons. The zero-order valence-electron chi connectivity index (χ0n) is 7.84. The predicted octanol–water partition coefficient (Wildman–Crippen LogP) is 3.31. The number of ketones is 1. The molecule has 0 atom stereocenters. The Bertz CT molecular complexity index is 374. The van der Waals surface area contributed by atoms with Crippen LogP contribution in [0.5, 0.6) is 0 Å². The minimum atomic E-state index is -4.78. The number of alkyl halides is 3. The van der Waals surface area contributed by atoms with Crippen molar-refractivity contribution in [3.05, 3.63) is 35.4 Å². The molecule has 15 heavy (non-hydrogen) atoms. The smallest absolute Gasteiger partial charge is 0.284 e. The van der Waals surface area contributed by atoms with Crippen molar-refractivity contribution in [2.45, 2.75) is 24.9 Å². The Morgan fingerprint density at radius 2 is 1.67 bits per heavy atom. The van der Waals surface area contributed by atoms with Crippen LogP contribution in [0.1, 0.15) is 34.7 Å². The Kier molecular flexibility index (Phi) is 2.29. The van der Waals surface area contributed by atoms with E-state index in [1.807, 2.05) is 0 Å². The van der Waals surface area contributed by atoms with Crippen molar-refractivity contribution in [3.63, 3.8) is 0 Å². The first-order valence-electron chi connectivity index (χ1n) is 4.70. The maximum atomic E-state index is 12.1. The van der Waals surface area contributed by atoms with Gasteiger partial charge in [-0.15, -0.1) is 0 Å². The highest BCUT2D eigenvalue weighted by Crippen LogP contribution is 2.40. The molecule has 1 aliphatic rings. The zero-order valence-corrected chi connectivity index (χ0v) is 7.84. The van der Waals surface area contributed by atoms with Crippen LogP contribution in [-0.4, -0.2) is 12.0 Å². The van der Waals surface area contributed by atoms with Gasteiger partial charge in [0.25, 0.3) is 5.78 Å². The quantitative estimate of drug-likeness (QED) is 0.690. The van der Waals surface area contributed by atoms with Crippen molar-refractivity contribution in [2.75, 3.05) is 0 Å². The lowest BCUT2D eigenvalue weighted by Gasteiger charge is -2.05. The highest BCUT2D eigenvalue weighted by atomic mass is 19.4. The summed E-state index contributed by atoms with van der Waals surface area (Å²) in [5, 5.41) is 0. The van der Waals surface area contributed by atoms with E-state index in [9.17, 15) is 18.0 Å². The summed E-state index contributed by atoms with van der Waals surface area (Å²) < 4.78 is 36.2. The molecule has 0 amide bonds. The molecule has 2 rings (SSSR count). The van der Waals surface area contributed by atoms with E-state index in [0.29, 0.717) is 5.92 Å². The van der Waals surface area contributed by atoms with E-state index < -0.39 is 12.0 Å². The van der Waals surface area contributed by atoms with Gasteiger partial charge in [-0.2, -0.15) is 13.2 Å². The fourth-order valence-electron chi connectivity index (χ4n) is 1.49. The maximum Gasteiger partial charge on any atom is 0.454 e. The summed E-state index contributed by atoms with van der Waals surface area (Å²) in [5.41, 5.74) is 0.737. The highest BCUT2D eigenvalue weighted by Gasteiger charge is 2.39. The van der Waals surface area contributed by atoms with Crippen molar-refractivity contribution < 1.29 is 18.0 Å². The lowest BCUT2D eigenvalue weighted by atomic mass is 10.1. The van der Waals surface area contributed by atoms with Crippen molar-refractivity contribution >= 4 is 5.78 Å². The van der Waals surface area contributed by atoms with Gasteiger partial charge in [-0.1, -0.05) is 24.3 Å². The van der Waals surface area contributed by atoms with E-state index >= 15 is 0 Å². The van der Waals surface area contributed by atoms with Gasteiger partial charge in [-0.3, -0.25) is 4.79 Å². The van der Waals surface area contributed by atoms with Gasteiger partial charge in [0.15, 0.2) is 0 Å². The third kappa shape index (κ3) is 2.19. The topological polar surface area (TPSA) is 17.1 Å². The Morgan fingerprint density at radius 3 is 2.07 bits per heavy atom. The van der Waals surface area contributed by atoms with Crippen LogP contribution in [0.3, 0.4) is 0 Å². The molecule has 0 N–H and O–H groups in total. The molecule has 1 aromatic rings. The number of benzene rings is 1. The van der Waals surface area contributed by atoms with Crippen LogP contribution in [0.25, 0.3) is 0 Å². The Morgan fingerprint density at radius 1 is 1.13 bits per heavy atom. The van der Waals surface area contributed by atoms with E-state index in [2.05, 4.69) is 0 Å². The van der Waals surface area contributed by atoms with Gasteiger partial charge in [0.2, 0.25) is 0 Å². The first-order chi connectivity index (χ1) is 6.98. The average Bonchev–Trinajstić information content (AvgIpc) is 2.99. The first-order valence-corrected chi connectivity index (χ1v) is 4.70. The summed E-state index contributed by atoms with van der Waals surface area (Å²) in [5.74, 6) is -1.29. The van der Waals surface area contributed by atoms with Crippen LogP contribution < -0.4 is 0 Å². The molecule has 1 nitrogen and oxygen atoms in total. The van der Waals surface area contributed by atoms with Crippen LogP contribution in [-0.2, 0) is 0 Å². The number of rotatable bonds is 2. The number of halogens is 3. The molecule has 0 heterocycles. The Balaban J connectivity index is 2.19. The Hall–Kier alpha value is -1.32. The minimum Gasteiger partial charge on any atom is -0.284 e.